The molecule has 2 aliphatic rings. The average molecular weight is 437 g/mol. The van der Waals surface area contributed by atoms with E-state index in [4.69, 9.17) is 4.98 Å². The molecule has 0 aromatic carbocycles. The minimum Gasteiger partial charge on any atom is -0.351 e. The van der Waals surface area contributed by atoms with E-state index in [0.29, 0.717) is 12.5 Å². The number of nitrogens with zero attached hydrogens (tertiary/aromatic N) is 7. The lowest BCUT2D eigenvalue weighted by Gasteiger charge is -2.34. The molecule has 5 heterocycles. The SMILES string of the molecule is Cc1sc2nc(CN3CCN(c4nccn5c(C6CC6)nnc45)CC3)[nH]c(=O)c2c1C. The Hall–Kier alpha value is -2.85. The quantitative estimate of drug-likeness (QED) is 0.524. The van der Waals surface area contributed by atoms with Gasteiger partial charge in [0.05, 0.1) is 11.9 Å². The molecule has 1 aliphatic carbocycles. The Morgan fingerprint density at radius 2 is 1.97 bits per heavy atom. The fraction of sp³-hybridized carbons (Fsp3) is 0.476. The van der Waals surface area contributed by atoms with Gasteiger partial charge < -0.3 is 9.88 Å². The van der Waals surface area contributed by atoms with Crippen molar-refractivity contribution in [3.63, 3.8) is 0 Å². The van der Waals surface area contributed by atoms with E-state index in [1.54, 1.807) is 11.3 Å². The Labute approximate surface area is 182 Å². The zero-order valence-electron chi connectivity index (χ0n) is 17.6. The normalized spacial score (nSPS) is 17.8. The maximum Gasteiger partial charge on any atom is 0.259 e. The highest BCUT2D eigenvalue weighted by atomic mass is 32.1. The first-order chi connectivity index (χ1) is 15.1. The fourth-order valence-electron chi connectivity index (χ4n) is 4.38. The van der Waals surface area contributed by atoms with Crippen LogP contribution in [0.25, 0.3) is 15.9 Å². The Bertz CT molecular complexity index is 1340. The number of fused-ring (bicyclic) bond motifs is 2. The second-order valence-electron chi connectivity index (χ2n) is 8.52. The first-order valence-corrected chi connectivity index (χ1v) is 11.6. The van der Waals surface area contributed by atoms with Crippen molar-refractivity contribution in [1.82, 2.24) is 34.4 Å². The van der Waals surface area contributed by atoms with Crippen LogP contribution in [0.4, 0.5) is 5.82 Å². The Balaban J connectivity index is 1.19. The van der Waals surface area contributed by atoms with Gasteiger partial charge in [0.15, 0.2) is 5.82 Å². The van der Waals surface area contributed by atoms with Crippen molar-refractivity contribution in [1.29, 1.82) is 0 Å². The van der Waals surface area contributed by atoms with Gasteiger partial charge in [0.25, 0.3) is 5.56 Å². The molecule has 0 radical (unpaired) electrons. The predicted octanol–water partition coefficient (Wildman–Crippen LogP) is 2.24. The van der Waals surface area contributed by atoms with Crippen molar-refractivity contribution < 1.29 is 0 Å². The summed E-state index contributed by atoms with van der Waals surface area (Å²) < 4.78 is 2.10. The number of aryl methyl sites for hydroxylation is 2. The number of thiophene rings is 1. The van der Waals surface area contributed by atoms with Crippen LogP contribution in [0, 0.1) is 13.8 Å². The molecule has 1 aliphatic heterocycles. The highest BCUT2D eigenvalue weighted by Gasteiger charge is 2.30. The summed E-state index contributed by atoms with van der Waals surface area (Å²) in [7, 11) is 0. The van der Waals surface area contributed by atoms with Crippen LogP contribution in [0.5, 0.6) is 0 Å². The second-order valence-corrected chi connectivity index (χ2v) is 9.72. The van der Waals surface area contributed by atoms with Crippen LogP contribution in [0.2, 0.25) is 0 Å². The summed E-state index contributed by atoms with van der Waals surface area (Å²) in [4.78, 5) is 31.5. The van der Waals surface area contributed by atoms with E-state index in [0.717, 1.165) is 70.0 Å². The number of anilines is 1. The fourth-order valence-corrected chi connectivity index (χ4v) is 5.43. The van der Waals surface area contributed by atoms with Crippen LogP contribution in [0.1, 0.15) is 40.8 Å². The van der Waals surface area contributed by atoms with E-state index >= 15 is 0 Å². The third kappa shape index (κ3) is 3.21. The van der Waals surface area contributed by atoms with Crippen LogP contribution < -0.4 is 10.5 Å². The van der Waals surface area contributed by atoms with E-state index < -0.39 is 0 Å². The Morgan fingerprint density at radius 3 is 2.74 bits per heavy atom. The molecule has 2 fully saturated rings. The summed E-state index contributed by atoms with van der Waals surface area (Å²) in [6.45, 7) is 8.11. The van der Waals surface area contributed by atoms with E-state index in [1.807, 2.05) is 26.2 Å². The number of nitrogens with one attached hydrogen (secondary N) is 1. The Morgan fingerprint density at radius 1 is 1.16 bits per heavy atom. The van der Waals surface area contributed by atoms with E-state index in [2.05, 4.69) is 34.4 Å². The van der Waals surface area contributed by atoms with Crippen molar-refractivity contribution in [2.75, 3.05) is 31.1 Å². The molecule has 0 unspecified atom stereocenters. The largest absolute Gasteiger partial charge is 0.351 e. The molecule has 160 valence electrons. The zero-order chi connectivity index (χ0) is 21.1. The van der Waals surface area contributed by atoms with Crippen LogP contribution in [-0.4, -0.2) is 60.6 Å². The third-order valence-corrected chi connectivity index (χ3v) is 7.51. The van der Waals surface area contributed by atoms with Gasteiger partial charge in [-0.3, -0.25) is 14.1 Å². The minimum atomic E-state index is -0.0327. The molecule has 10 heteroatoms. The number of hydrogen-bond donors (Lipinski definition) is 1. The summed E-state index contributed by atoms with van der Waals surface area (Å²) in [5.74, 6) is 3.24. The average Bonchev–Trinajstić information content (AvgIpc) is 3.44. The van der Waals surface area contributed by atoms with Crippen molar-refractivity contribution in [3.8, 4) is 0 Å². The van der Waals surface area contributed by atoms with Gasteiger partial charge in [0, 0.05) is 49.4 Å². The smallest absolute Gasteiger partial charge is 0.259 e. The summed E-state index contributed by atoms with van der Waals surface area (Å²) in [6.07, 6.45) is 6.21. The molecule has 4 aromatic heterocycles. The number of H-pyrrole nitrogens is 1. The molecule has 0 spiro atoms. The summed E-state index contributed by atoms with van der Waals surface area (Å²) in [6, 6.07) is 0. The molecule has 0 amide bonds. The molecule has 9 nitrogen and oxygen atoms in total. The molecular formula is C21H24N8OS. The summed E-state index contributed by atoms with van der Waals surface area (Å²) in [5.41, 5.74) is 1.85. The standard InChI is InChI=1S/C21H24N8OS/c1-12-13(2)31-21-16(12)20(30)23-15(24-21)11-27-7-9-28(10-8-27)18-19-26-25-17(14-3-4-14)29(19)6-5-22-18/h5-6,14H,3-4,7-11H2,1-2H3,(H,23,24,30). The number of aromatic nitrogens is 6. The summed E-state index contributed by atoms with van der Waals surface area (Å²) >= 11 is 1.59. The lowest BCUT2D eigenvalue weighted by Crippen LogP contribution is -2.46. The maximum atomic E-state index is 12.6. The molecule has 4 aromatic rings. The molecule has 1 saturated heterocycles. The number of piperazine rings is 1. The highest BCUT2D eigenvalue weighted by Crippen LogP contribution is 2.39. The molecule has 0 bridgehead atoms. The number of rotatable bonds is 4. The monoisotopic (exact) mass is 436 g/mol. The van der Waals surface area contributed by atoms with Gasteiger partial charge in [-0.15, -0.1) is 21.5 Å². The van der Waals surface area contributed by atoms with Gasteiger partial charge in [-0.25, -0.2) is 9.97 Å². The van der Waals surface area contributed by atoms with Crippen LogP contribution in [0.15, 0.2) is 17.2 Å². The maximum absolute atomic E-state index is 12.6. The van der Waals surface area contributed by atoms with Gasteiger partial charge in [-0.2, -0.15) is 0 Å². The highest BCUT2D eigenvalue weighted by molar-refractivity contribution is 7.18. The van der Waals surface area contributed by atoms with E-state index in [-0.39, 0.29) is 5.56 Å². The second kappa shape index (κ2) is 7.10. The van der Waals surface area contributed by atoms with Crippen LogP contribution in [0.3, 0.4) is 0 Å². The first-order valence-electron chi connectivity index (χ1n) is 10.7. The predicted molar refractivity (Wildman–Crippen MR) is 120 cm³/mol. The van der Waals surface area contributed by atoms with Crippen molar-refractivity contribution in [2.24, 2.45) is 0 Å². The molecular weight excluding hydrogens is 412 g/mol. The summed E-state index contributed by atoms with van der Waals surface area (Å²) in [5, 5.41) is 9.59. The zero-order valence-corrected chi connectivity index (χ0v) is 18.4. The lowest BCUT2D eigenvalue weighted by atomic mass is 10.2. The van der Waals surface area contributed by atoms with Gasteiger partial charge in [-0.1, -0.05) is 0 Å². The van der Waals surface area contributed by atoms with Gasteiger partial charge in [0.1, 0.15) is 16.5 Å². The minimum absolute atomic E-state index is 0.0327. The van der Waals surface area contributed by atoms with E-state index in [1.165, 1.54) is 12.8 Å². The van der Waals surface area contributed by atoms with Gasteiger partial charge in [-0.05, 0) is 32.3 Å². The molecule has 0 atom stereocenters. The molecule has 6 rings (SSSR count). The topological polar surface area (TPSA) is 95.3 Å². The first kappa shape index (κ1) is 18.9. The Kier molecular flexibility index (Phi) is 4.32. The van der Waals surface area contributed by atoms with Gasteiger partial charge in [0.2, 0.25) is 5.65 Å². The van der Waals surface area contributed by atoms with Crippen LogP contribution in [-0.2, 0) is 6.54 Å². The number of hydrogen-bond acceptors (Lipinski definition) is 8. The molecule has 31 heavy (non-hydrogen) atoms. The number of aromatic amines is 1. The molecule has 1 saturated carbocycles. The van der Waals surface area contributed by atoms with Crippen LogP contribution >= 0.6 is 11.3 Å². The third-order valence-electron chi connectivity index (χ3n) is 6.41. The lowest BCUT2D eigenvalue weighted by molar-refractivity contribution is 0.243. The van der Waals surface area contributed by atoms with Crippen molar-refractivity contribution in [3.05, 3.63) is 44.8 Å². The van der Waals surface area contributed by atoms with E-state index in [9.17, 15) is 4.79 Å². The molecule has 1 N–H and O–H groups in total. The van der Waals surface area contributed by atoms with Gasteiger partial charge >= 0.3 is 0 Å². The van der Waals surface area contributed by atoms with Crippen molar-refractivity contribution >= 4 is 33.0 Å². The van der Waals surface area contributed by atoms with Crippen molar-refractivity contribution in [2.45, 2.75) is 39.2 Å².